The molecule has 1 amide bonds. The number of carbonyl (C=O) groups is 1. The molecule has 0 radical (unpaired) electrons. The summed E-state index contributed by atoms with van der Waals surface area (Å²) in [6.07, 6.45) is 5.18. The van der Waals surface area contributed by atoms with E-state index in [2.05, 4.69) is 25.0 Å². The van der Waals surface area contributed by atoms with Crippen molar-refractivity contribution >= 4 is 33.3 Å². The molecule has 4 heterocycles. The molecule has 24 heavy (non-hydrogen) atoms. The second-order valence-corrected chi connectivity index (χ2v) is 6.52. The fourth-order valence-electron chi connectivity index (χ4n) is 2.89. The molecular weight excluding hydrogens is 326 g/mol. The van der Waals surface area contributed by atoms with Gasteiger partial charge in [0.05, 0.1) is 16.8 Å². The molecule has 3 aromatic rings. The summed E-state index contributed by atoms with van der Waals surface area (Å²) in [7, 11) is 0. The van der Waals surface area contributed by atoms with Crippen molar-refractivity contribution in [1.82, 2.24) is 29.6 Å². The predicted octanol–water partition coefficient (Wildman–Crippen LogP) is 1.02. The van der Waals surface area contributed by atoms with E-state index in [9.17, 15) is 4.79 Å². The molecule has 1 aliphatic heterocycles. The SMILES string of the molecule is O=C(CCn1cncn1)N1CCN(c2ncnc3ccsc23)CC1. The van der Waals surface area contributed by atoms with Crippen LogP contribution in [0.4, 0.5) is 5.82 Å². The van der Waals surface area contributed by atoms with Gasteiger partial charge < -0.3 is 9.80 Å². The molecule has 4 rings (SSSR count). The third-order valence-corrected chi connectivity index (χ3v) is 5.08. The number of rotatable bonds is 4. The molecule has 0 aliphatic carbocycles. The summed E-state index contributed by atoms with van der Waals surface area (Å²) in [5.74, 6) is 1.14. The van der Waals surface area contributed by atoms with Gasteiger partial charge in [-0.15, -0.1) is 11.3 Å². The number of thiophene rings is 1. The zero-order valence-corrected chi connectivity index (χ0v) is 13.9. The topological polar surface area (TPSA) is 80.0 Å². The number of hydrogen-bond donors (Lipinski definition) is 0. The van der Waals surface area contributed by atoms with E-state index in [4.69, 9.17) is 0 Å². The van der Waals surface area contributed by atoms with Crippen LogP contribution in [0.2, 0.25) is 0 Å². The first-order valence-electron chi connectivity index (χ1n) is 7.84. The minimum Gasteiger partial charge on any atom is -0.352 e. The normalized spacial score (nSPS) is 15.2. The van der Waals surface area contributed by atoms with Crippen molar-refractivity contribution in [3.63, 3.8) is 0 Å². The Balaban J connectivity index is 1.36. The third-order valence-electron chi connectivity index (χ3n) is 4.18. The summed E-state index contributed by atoms with van der Waals surface area (Å²) in [5, 5.41) is 6.06. The lowest BCUT2D eigenvalue weighted by molar-refractivity contribution is -0.131. The Morgan fingerprint density at radius 1 is 1.17 bits per heavy atom. The van der Waals surface area contributed by atoms with Crippen molar-refractivity contribution in [2.45, 2.75) is 13.0 Å². The minimum atomic E-state index is 0.161. The summed E-state index contributed by atoms with van der Waals surface area (Å²) in [6, 6.07) is 2.01. The van der Waals surface area contributed by atoms with Crippen LogP contribution in [0.3, 0.4) is 0 Å². The van der Waals surface area contributed by atoms with Crippen LogP contribution < -0.4 is 4.90 Å². The average molecular weight is 343 g/mol. The van der Waals surface area contributed by atoms with E-state index < -0.39 is 0 Å². The largest absolute Gasteiger partial charge is 0.352 e. The molecule has 0 N–H and O–H groups in total. The number of aromatic nitrogens is 5. The van der Waals surface area contributed by atoms with E-state index in [1.165, 1.54) is 6.33 Å². The number of nitrogens with zero attached hydrogens (tertiary/aromatic N) is 7. The quantitative estimate of drug-likeness (QED) is 0.704. The number of carbonyl (C=O) groups excluding carboxylic acids is 1. The van der Waals surface area contributed by atoms with E-state index in [1.807, 2.05) is 16.3 Å². The number of anilines is 1. The maximum absolute atomic E-state index is 12.3. The van der Waals surface area contributed by atoms with Crippen LogP contribution in [-0.4, -0.2) is 61.7 Å². The average Bonchev–Trinajstić information content (AvgIpc) is 3.31. The summed E-state index contributed by atoms with van der Waals surface area (Å²) < 4.78 is 2.80. The second-order valence-electron chi connectivity index (χ2n) is 5.61. The van der Waals surface area contributed by atoms with Gasteiger partial charge in [-0.3, -0.25) is 9.48 Å². The smallest absolute Gasteiger partial charge is 0.224 e. The Morgan fingerprint density at radius 3 is 2.83 bits per heavy atom. The van der Waals surface area contributed by atoms with Crippen molar-refractivity contribution < 1.29 is 4.79 Å². The van der Waals surface area contributed by atoms with Gasteiger partial charge in [-0.25, -0.2) is 15.0 Å². The molecule has 0 unspecified atom stereocenters. The van der Waals surface area contributed by atoms with Gasteiger partial charge >= 0.3 is 0 Å². The molecule has 8 nitrogen and oxygen atoms in total. The molecule has 1 saturated heterocycles. The Labute approximate surface area is 142 Å². The Morgan fingerprint density at radius 2 is 2.04 bits per heavy atom. The van der Waals surface area contributed by atoms with Gasteiger partial charge in [-0.2, -0.15) is 5.10 Å². The van der Waals surface area contributed by atoms with Crippen LogP contribution in [0.15, 0.2) is 30.4 Å². The summed E-state index contributed by atoms with van der Waals surface area (Å²) >= 11 is 1.66. The van der Waals surface area contributed by atoms with E-state index in [0.717, 1.165) is 29.1 Å². The van der Waals surface area contributed by atoms with E-state index in [1.54, 1.807) is 28.7 Å². The van der Waals surface area contributed by atoms with Crippen molar-refractivity contribution in [3.05, 3.63) is 30.4 Å². The molecule has 1 aliphatic rings. The third kappa shape index (κ3) is 2.94. The van der Waals surface area contributed by atoms with Crippen molar-refractivity contribution in [2.24, 2.45) is 0 Å². The van der Waals surface area contributed by atoms with Crippen LogP contribution in [-0.2, 0) is 11.3 Å². The standard InChI is InChI=1S/C15H17N7OS/c23-13(1-3-22-11-16-9-19-22)20-4-6-21(7-5-20)15-14-12(2-8-24-14)17-10-18-15/h2,8-11H,1,3-7H2. The monoisotopic (exact) mass is 343 g/mol. The Kier molecular flexibility index (Phi) is 4.08. The molecule has 0 spiro atoms. The molecule has 9 heteroatoms. The number of piperazine rings is 1. The first-order chi connectivity index (χ1) is 11.8. The Bertz CT molecular complexity index is 823. The highest BCUT2D eigenvalue weighted by Gasteiger charge is 2.23. The molecule has 1 fully saturated rings. The van der Waals surface area contributed by atoms with Gasteiger partial charge in [0.2, 0.25) is 5.91 Å². The first-order valence-corrected chi connectivity index (χ1v) is 8.72. The van der Waals surface area contributed by atoms with Crippen LogP contribution in [0, 0.1) is 0 Å². The van der Waals surface area contributed by atoms with Crippen LogP contribution >= 0.6 is 11.3 Å². The second kappa shape index (κ2) is 6.52. The van der Waals surface area contributed by atoms with E-state index >= 15 is 0 Å². The highest BCUT2D eigenvalue weighted by Crippen LogP contribution is 2.28. The molecule has 0 aromatic carbocycles. The van der Waals surface area contributed by atoms with Crippen molar-refractivity contribution in [2.75, 3.05) is 31.1 Å². The van der Waals surface area contributed by atoms with Gasteiger partial charge in [-0.05, 0) is 11.4 Å². The van der Waals surface area contributed by atoms with Gasteiger partial charge in [0.25, 0.3) is 0 Å². The summed E-state index contributed by atoms with van der Waals surface area (Å²) in [4.78, 5) is 29.1. The van der Waals surface area contributed by atoms with E-state index in [-0.39, 0.29) is 5.91 Å². The first kappa shape index (κ1) is 15.0. The fourth-order valence-corrected chi connectivity index (χ4v) is 3.75. The van der Waals surface area contributed by atoms with Crippen LogP contribution in [0.1, 0.15) is 6.42 Å². The lowest BCUT2D eigenvalue weighted by Gasteiger charge is -2.35. The lowest BCUT2D eigenvalue weighted by Crippen LogP contribution is -2.49. The van der Waals surface area contributed by atoms with Gasteiger partial charge in [0, 0.05) is 32.6 Å². The van der Waals surface area contributed by atoms with Crippen LogP contribution in [0.5, 0.6) is 0 Å². The van der Waals surface area contributed by atoms with Crippen molar-refractivity contribution in [3.8, 4) is 0 Å². The Hall–Kier alpha value is -2.55. The maximum atomic E-state index is 12.3. The summed E-state index contributed by atoms with van der Waals surface area (Å²) in [6.45, 7) is 3.58. The number of amides is 1. The molecular formula is C15H17N7OS. The molecule has 3 aromatic heterocycles. The molecule has 124 valence electrons. The fraction of sp³-hybridized carbons (Fsp3) is 0.400. The van der Waals surface area contributed by atoms with Crippen molar-refractivity contribution in [1.29, 1.82) is 0 Å². The lowest BCUT2D eigenvalue weighted by atomic mass is 10.2. The zero-order valence-electron chi connectivity index (χ0n) is 13.1. The number of fused-ring (bicyclic) bond motifs is 1. The van der Waals surface area contributed by atoms with Gasteiger partial charge in [-0.1, -0.05) is 0 Å². The zero-order chi connectivity index (χ0) is 16.4. The minimum absolute atomic E-state index is 0.161. The summed E-state index contributed by atoms with van der Waals surface area (Å²) in [5.41, 5.74) is 0.983. The molecule has 0 saturated carbocycles. The molecule has 0 bridgehead atoms. The number of aryl methyl sites for hydroxylation is 1. The highest BCUT2D eigenvalue weighted by atomic mass is 32.1. The van der Waals surface area contributed by atoms with Gasteiger partial charge in [0.15, 0.2) is 0 Å². The van der Waals surface area contributed by atoms with E-state index in [0.29, 0.717) is 26.1 Å². The van der Waals surface area contributed by atoms with Crippen LogP contribution in [0.25, 0.3) is 10.2 Å². The predicted molar refractivity (Wildman–Crippen MR) is 90.8 cm³/mol. The maximum Gasteiger partial charge on any atom is 0.224 e. The van der Waals surface area contributed by atoms with Gasteiger partial charge in [0.1, 0.15) is 24.8 Å². The number of hydrogen-bond acceptors (Lipinski definition) is 7. The highest BCUT2D eigenvalue weighted by molar-refractivity contribution is 7.17. The molecule has 0 atom stereocenters.